The number of carbonyl (C=O) groups excluding carboxylic acids is 1. The summed E-state index contributed by atoms with van der Waals surface area (Å²) in [5.74, 6) is -0.159. The molecule has 156 valence electrons. The van der Waals surface area contributed by atoms with Gasteiger partial charge in [-0.25, -0.2) is 13.4 Å². The monoisotopic (exact) mass is 443 g/mol. The number of rotatable bonds is 3. The van der Waals surface area contributed by atoms with Gasteiger partial charge in [0.2, 0.25) is 10.0 Å². The van der Waals surface area contributed by atoms with Crippen molar-refractivity contribution in [1.82, 2.24) is 14.8 Å². The van der Waals surface area contributed by atoms with E-state index in [1.165, 1.54) is 32.5 Å². The van der Waals surface area contributed by atoms with Gasteiger partial charge in [0.1, 0.15) is 0 Å². The van der Waals surface area contributed by atoms with Gasteiger partial charge in [-0.1, -0.05) is 0 Å². The molecule has 10 heteroatoms. The number of hydrogen-bond donors (Lipinski definition) is 0. The van der Waals surface area contributed by atoms with E-state index in [1.807, 2.05) is 17.9 Å². The maximum atomic E-state index is 13.1. The van der Waals surface area contributed by atoms with Crippen LogP contribution >= 0.6 is 11.3 Å². The molecule has 3 aromatic rings. The molecular formula is C20H21N5O3S2. The number of hydrogen-bond acceptors (Lipinski definition) is 6. The van der Waals surface area contributed by atoms with Crippen LogP contribution in [0.2, 0.25) is 0 Å². The SMILES string of the molecule is CN(C(=O)c1ccc2c(c1)CCN2S(C)(=O)=O)c1nc2c(s1)CCc1c-2cnn1C. The summed E-state index contributed by atoms with van der Waals surface area (Å²) in [6, 6.07) is 5.21. The number of aryl methyl sites for hydroxylation is 2. The molecule has 30 heavy (non-hydrogen) atoms. The molecule has 0 bridgehead atoms. The van der Waals surface area contributed by atoms with E-state index in [9.17, 15) is 13.2 Å². The molecule has 0 radical (unpaired) electrons. The van der Waals surface area contributed by atoms with Crippen molar-refractivity contribution in [3.63, 3.8) is 0 Å². The summed E-state index contributed by atoms with van der Waals surface area (Å²) in [5, 5.41) is 5.00. The highest BCUT2D eigenvalue weighted by atomic mass is 32.2. The second kappa shape index (κ2) is 6.64. The molecule has 3 heterocycles. The number of carbonyl (C=O) groups is 1. The van der Waals surface area contributed by atoms with Gasteiger partial charge in [0.05, 0.1) is 23.8 Å². The van der Waals surface area contributed by atoms with Crippen LogP contribution < -0.4 is 9.21 Å². The molecular weight excluding hydrogens is 422 g/mol. The molecule has 0 saturated carbocycles. The minimum absolute atomic E-state index is 0.159. The highest BCUT2D eigenvalue weighted by Crippen LogP contribution is 2.39. The van der Waals surface area contributed by atoms with E-state index in [-0.39, 0.29) is 5.91 Å². The molecule has 2 aliphatic rings. The van der Waals surface area contributed by atoms with Crippen molar-refractivity contribution in [2.45, 2.75) is 19.3 Å². The molecule has 0 N–H and O–H groups in total. The summed E-state index contributed by atoms with van der Waals surface area (Å²) in [6.45, 7) is 0.411. The first-order chi connectivity index (χ1) is 14.2. The zero-order valence-corrected chi connectivity index (χ0v) is 18.5. The fourth-order valence-corrected chi connectivity index (χ4v) is 6.17. The van der Waals surface area contributed by atoms with Crippen molar-refractivity contribution in [3.05, 3.63) is 46.1 Å². The van der Waals surface area contributed by atoms with Crippen LogP contribution in [0, 0.1) is 0 Å². The van der Waals surface area contributed by atoms with Crippen LogP contribution in [0.15, 0.2) is 24.4 Å². The van der Waals surface area contributed by atoms with Crippen LogP contribution in [0.4, 0.5) is 10.8 Å². The second-order valence-corrected chi connectivity index (χ2v) is 10.7. The molecule has 1 aromatic carbocycles. The molecule has 2 aromatic heterocycles. The van der Waals surface area contributed by atoms with Gasteiger partial charge in [-0.15, -0.1) is 11.3 Å². The lowest BCUT2D eigenvalue weighted by atomic mass is 10.0. The summed E-state index contributed by atoms with van der Waals surface area (Å²) < 4.78 is 27.1. The van der Waals surface area contributed by atoms with Crippen molar-refractivity contribution in [2.75, 3.05) is 29.1 Å². The Morgan fingerprint density at radius 3 is 2.80 bits per heavy atom. The van der Waals surface area contributed by atoms with Crippen LogP contribution in [-0.4, -0.2) is 48.9 Å². The van der Waals surface area contributed by atoms with Gasteiger partial charge in [-0.05, 0) is 43.0 Å². The summed E-state index contributed by atoms with van der Waals surface area (Å²) in [4.78, 5) is 20.6. The summed E-state index contributed by atoms with van der Waals surface area (Å²) in [5.41, 5.74) is 5.19. The quantitative estimate of drug-likeness (QED) is 0.620. The number of sulfonamides is 1. The minimum atomic E-state index is -3.31. The van der Waals surface area contributed by atoms with Crippen LogP contribution in [-0.2, 0) is 36.3 Å². The molecule has 1 aliphatic heterocycles. The Morgan fingerprint density at radius 2 is 2.03 bits per heavy atom. The van der Waals surface area contributed by atoms with E-state index >= 15 is 0 Å². The molecule has 1 aliphatic carbocycles. The molecule has 0 fully saturated rings. The lowest BCUT2D eigenvalue weighted by Crippen LogP contribution is -2.28. The Hall–Kier alpha value is -2.72. The molecule has 1 amide bonds. The largest absolute Gasteiger partial charge is 0.287 e. The Morgan fingerprint density at radius 1 is 1.23 bits per heavy atom. The van der Waals surface area contributed by atoms with Crippen LogP contribution in [0.25, 0.3) is 11.3 Å². The predicted octanol–water partition coefficient (Wildman–Crippen LogP) is 2.24. The number of aromatic nitrogens is 3. The standard InChI is InChI=1S/C20H21N5O3S2/c1-23(20-22-18-14-11-21-24(2)16(14)6-7-17(18)29-20)19(26)13-4-5-15-12(10-13)8-9-25(15)30(3,27)28/h4-5,10-11H,6-9H2,1-3H3. The third-order valence-electron chi connectivity index (χ3n) is 5.76. The topological polar surface area (TPSA) is 88.4 Å². The van der Waals surface area contributed by atoms with E-state index in [0.29, 0.717) is 29.3 Å². The fourth-order valence-electron chi connectivity index (χ4n) is 4.18. The summed E-state index contributed by atoms with van der Waals surface area (Å²) >= 11 is 1.54. The maximum Gasteiger partial charge on any atom is 0.259 e. The number of benzene rings is 1. The van der Waals surface area contributed by atoms with Gasteiger partial charge < -0.3 is 0 Å². The highest BCUT2D eigenvalue weighted by molar-refractivity contribution is 7.92. The minimum Gasteiger partial charge on any atom is -0.287 e. The predicted molar refractivity (Wildman–Crippen MR) is 117 cm³/mol. The van der Waals surface area contributed by atoms with Gasteiger partial charge in [-0.2, -0.15) is 5.10 Å². The number of thiazole rings is 1. The van der Waals surface area contributed by atoms with E-state index < -0.39 is 10.0 Å². The Bertz CT molecular complexity index is 1290. The van der Waals surface area contributed by atoms with Gasteiger partial charge in [0, 0.05) is 42.3 Å². The van der Waals surface area contributed by atoms with E-state index in [2.05, 4.69) is 5.10 Å². The zero-order valence-electron chi connectivity index (χ0n) is 16.9. The van der Waals surface area contributed by atoms with E-state index in [4.69, 9.17) is 4.98 Å². The lowest BCUT2D eigenvalue weighted by molar-refractivity contribution is 0.0993. The van der Waals surface area contributed by atoms with Crippen molar-refractivity contribution < 1.29 is 13.2 Å². The highest BCUT2D eigenvalue weighted by Gasteiger charge is 2.29. The van der Waals surface area contributed by atoms with E-state index in [1.54, 1.807) is 30.1 Å². The van der Waals surface area contributed by atoms with Crippen molar-refractivity contribution >= 4 is 38.1 Å². The van der Waals surface area contributed by atoms with Crippen molar-refractivity contribution in [3.8, 4) is 11.3 Å². The average molecular weight is 444 g/mol. The van der Waals surface area contributed by atoms with Gasteiger partial charge in [-0.3, -0.25) is 18.7 Å². The Labute approximate surface area is 178 Å². The second-order valence-electron chi connectivity index (χ2n) is 7.69. The third kappa shape index (κ3) is 2.93. The first kappa shape index (κ1) is 19.3. The smallest absolute Gasteiger partial charge is 0.259 e. The zero-order chi connectivity index (χ0) is 21.2. The van der Waals surface area contributed by atoms with Crippen LogP contribution in [0.3, 0.4) is 0 Å². The molecule has 5 rings (SSSR count). The number of fused-ring (bicyclic) bond motifs is 4. The van der Waals surface area contributed by atoms with Gasteiger partial charge in [0.15, 0.2) is 5.13 Å². The molecule has 0 unspecified atom stereocenters. The third-order valence-corrected chi connectivity index (χ3v) is 8.13. The summed E-state index contributed by atoms with van der Waals surface area (Å²) in [6.07, 6.45) is 5.45. The van der Waals surface area contributed by atoms with Gasteiger partial charge in [0.25, 0.3) is 5.91 Å². The lowest BCUT2D eigenvalue weighted by Gasteiger charge is -2.17. The number of anilines is 2. The van der Waals surface area contributed by atoms with Crippen LogP contribution in [0.1, 0.15) is 26.5 Å². The maximum absolute atomic E-state index is 13.1. The van der Waals surface area contributed by atoms with Crippen molar-refractivity contribution in [1.29, 1.82) is 0 Å². The van der Waals surface area contributed by atoms with Gasteiger partial charge >= 0.3 is 0 Å². The van der Waals surface area contributed by atoms with Crippen molar-refractivity contribution in [2.24, 2.45) is 7.05 Å². The molecule has 8 nitrogen and oxygen atoms in total. The molecule has 0 saturated heterocycles. The Kier molecular flexibility index (Phi) is 4.26. The number of amides is 1. The first-order valence-electron chi connectivity index (χ1n) is 9.63. The Balaban J connectivity index is 1.44. The van der Waals surface area contributed by atoms with E-state index in [0.717, 1.165) is 29.7 Å². The average Bonchev–Trinajstić information content (AvgIpc) is 3.41. The molecule has 0 spiro atoms. The fraction of sp³-hybridized carbons (Fsp3) is 0.350. The normalized spacial score (nSPS) is 15.0. The van der Waals surface area contributed by atoms with Crippen LogP contribution in [0.5, 0.6) is 0 Å². The summed E-state index contributed by atoms with van der Waals surface area (Å²) in [7, 11) is 0.355. The molecule has 0 atom stereocenters. The first-order valence-corrected chi connectivity index (χ1v) is 12.3. The number of nitrogens with zero attached hydrogens (tertiary/aromatic N) is 5.